The van der Waals surface area contributed by atoms with E-state index in [1.54, 1.807) is 24.3 Å². The molecule has 4 heteroatoms. The van der Waals surface area contributed by atoms with E-state index < -0.39 is 13.0 Å². The van der Waals surface area contributed by atoms with Crippen molar-refractivity contribution >= 4 is 23.2 Å². The zero-order valence-corrected chi connectivity index (χ0v) is 12.1. The summed E-state index contributed by atoms with van der Waals surface area (Å²) >= 11 is 0. The summed E-state index contributed by atoms with van der Waals surface area (Å²) in [5, 5.41) is 1.30. The first-order chi connectivity index (χ1) is 10.2. The van der Waals surface area contributed by atoms with Crippen molar-refractivity contribution in [3.63, 3.8) is 0 Å². The molecule has 0 fully saturated rings. The minimum atomic E-state index is -3.15. The van der Waals surface area contributed by atoms with E-state index in [1.165, 1.54) is 18.3 Å². The molecule has 0 unspecified atom stereocenters. The second-order valence-electron chi connectivity index (χ2n) is 4.61. The van der Waals surface area contributed by atoms with E-state index >= 15 is 0 Å². The molecule has 0 spiro atoms. The van der Waals surface area contributed by atoms with Crippen LogP contribution in [0.4, 0.5) is 4.39 Å². The van der Waals surface area contributed by atoms with E-state index in [-0.39, 0.29) is 5.44 Å². The van der Waals surface area contributed by atoms with Crippen molar-refractivity contribution in [2.45, 2.75) is 0 Å². The molecule has 0 N–H and O–H groups in total. The molecule has 0 atom stereocenters. The summed E-state index contributed by atoms with van der Waals surface area (Å²) in [5.74, 6) is -0.438. The van der Waals surface area contributed by atoms with Crippen LogP contribution in [-0.2, 0) is 4.57 Å². The van der Waals surface area contributed by atoms with Crippen LogP contribution >= 0.6 is 7.14 Å². The molecule has 3 aromatic rings. The lowest BCUT2D eigenvalue weighted by Gasteiger charge is -2.18. The Hall–Kier alpha value is -2.25. The van der Waals surface area contributed by atoms with Gasteiger partial charge in [-0.3, -0.25) is 4.98 Å². The summed E-state index contributed by atoms with van der Waals surface area (Å²) in [5.41, 5.74) is 0.264. The largest absolute Gasteiger partial charge is 0.307 e. The highest BCUT2D eigenvalue weighted by atomic mass is 31.2. The predicted octanol–water partition coefficient (Wildman–Crippen LogP) is 2.86. The third-order valence-corrected chi connectivity index (χ3v) is 6.21. The van der Waals surface area contributed by atoms with Crippen LogP contribution in [0, 0.1) is 5.82 Å². The van der Waals surface area contributed by atoms with Gasteiger partial charge in [0.05, 0.1) is 0 Å². The maximum absolute atomic E-state index is 13.7. The Morgan fingerprint density at radius 2 is 1.33 bits per heavy atom. The second-order valence-corrected chi connectivity index (χ2v) is 7.32. The molecule has 2 aromatic carbocycles. The van der Waals surface area contributed by atoms with E-state index in [0.717, 1.165) is 0 Å². The average Bonchev–Trinajstić information content (AvgIpc) is 2.56. The summed E-state index contributed by atoms with van der Waals surface area (Å²) in [6.45, 7) is 0. The molecule has 0 saturated carbocycles. The van der Waals surface area contributed by atoms with Crippen LogP contribution < -0.4 is 16.0 Å². The summed E-state index contributed by atoms with van der Waals surface area (Å²) in [6, 6.07) is 20.7. The fourth-order valence-electron chi connectivity index (χ4n) is 2.26. The van der Waals surface area contributed by atoms with Gasteiger partial charge in [-0.1, -0.05) is 60.7 Å². The molecule has 0 bridgehead atoms. The first kappa shape index (κ1) is 13.7. The normalized spacial score (nSPS) is 11.3. The third-order valence-electron chi connectivity index (χ3n) is 3.27. The molecular weight excluding hydrogens is 284 g/mol. The highest BCUT2D eigenvalue weighted by Crippen LogP contribution is 2.41. The van der Waals surface area contributed by atoms with Gasteiger partial charge in [-0.2, -0.15) is 0 Å². The van der Waals surface area contributed by atoms with Gasteiger partial charge in [0.15, 0.2) is 7.14 Å². The van der Waals surface area contributed by atoms with Crippen LogP contribution in [-0.4, -0.2) is 4.98 Å². The highest BCUT2D eigenvalue weighted by molar-refractivity contribution is 7.85. The lowest BCUT2D eigenvalue weighted by Crippen LogP contribution is -2.27. The minimum absolute atomic E-state index is 0.264. The molecule has 0 aliphatic heterocycles. The average molecular weight is 297 g/mol. The molecule has 0 aliphatic carbocycles. The van der Waals surface area contributed by atoms with E-state index in [1.807, 2.05) is 36.4 Å². The van der Waals surface area contributed by atoms with Gasteiger partial charge < -0.3 is 4.57 Å². The quantitative estimate of drug-likeness (QED) is 0.696. The fraction of sp³-hybridized carbons (Fsp3) is 0. The van der Waals surface area contributed by atoms with Crippen molar-refractivity contribution in [3.05, 3.63) is 84.8 Å². The lowest BCUT2D eigenvalue weighted by molar-refractivity contribution is 0.591. The molecule has 0 radical (unpaired) electrons. The number of halogens is 1. The molecule has 0 amide bonds. The number of hydrogen-bond donors (Lipinski definition) is 0. The van der Waals surface area contributed by atoms with Gasteiger partial charge in [0.1, 0.15) is 11.3 Å². The number of benzene rings is 2. The topological polar surface area (TPSA) is 30.0 Å². The molecule has 2 nitrogen and oxygen atoms in total. The summed E-state index contributed by atoms with van der Waals surface area (Å²) in [7, 11) is -3.15. The zero-order chi connectivity index (χ0) is 14.7. The van der Waals surface area contributed by atoms with Crippen LogP contribution in [0.15, 0.2) is 79.0 Å². The number of pyridine rings is 1. The van der Waals surface area contributed by atoms with Gasteiger partial charge in [0.2, 0.25) is 0 Å². The Balaban J connectivity index is 2.29. The first-order valence-corrected chi connectivity index (χ1v) is 8.25. The minimum Gasteiger partial charge on any atom is -0.307 e. The van der Waals surface area contributed by atoms with Crippen LogP contribution in [0.2, 0.25) is 0 Å². The number of hydrogen-bond acceptors (Lipinski definition) is 2. The molecule has 0 saturated heterocycles. The fourth-order valence-corrected chi connectivity index (χ4v) is 4.80. The summed E-state index contributed by atoms with van der Waals surface area (Å²) in [4.78, 5) is 4.16. The predicted molar refractivity (Wildman–Crippen MR) is 83.6 cm³/mol. The highest BCUT2D eigenvalue weighted by Gasteiger charge is 2.31. The number of nitrogens with zero attached hydrogens (tertiary/aromatic N) is 1. The first-order valence-electron chi connectivity index (χ1n) is 6.54. The van der Waals surface area contributed by atoms with Gasteiger partial charge in [0.25, 0.3) is 0 Å². The smallest absolute Gasteiger partial charge is 0.188 e. The van der Waals surface area contributed by atoms with Crippen molar-refractivity contribution in [2.24, 2.45) is 0 Å². The molecule has 21 heavy (non-hydrogen) atoms. The Kier molecular flexibility index (Phi) is 3.68. The second kappa shape index (κ2) is 5.63. The van der Waals surface area contributed by atoms with Crippen LogP contribution in [0.3, 0.4) is 0 Å². The van der Waals surface area contributed by atoms with Gasteiger partial charge >= 0.3 is 0 Å². The van der Waals surface area contributed by atoms with Gasteiger partial charge in [-0.25, -0.2) is 4.39 Å². The van der Waals surface area contributed by atoms with E-state index in [0.29, 0.717) is 10.6 Å². The third kappa shape index (κ3) is 2.53. The Labute approximate surface area is 122 Å². The van der Waals surface area contributed by atoms with Gasteiger partial charge in [-0.05, 0) is 6.07 Å². The number of aromatic nitrogens is 1. The van der Waals surface area contributed by atoms with Crippen LogP contribution in [0.25, 0.3) is 0 Å². The standard InChI is InChI=1S/C17H13FNOP/c18-14-11-12-19-17(13-14)21(20,15-7-3-1-4-8-15)16-9-5-2-6-10-16/h1-13H. The SMILES string of the molecule is O=P(c1ccccc1)(c1ccccc1)c1cc(F)ccn1. The maximum atomic E-state index is 13.7. The number of rotatable bonds is 3. The molecular formula is C17H13FNOP. The van der Waals surface area contributed by atoms with Crippen LogP contribution in [0.5, 0.6) is 0 Å². The van der Waals surface area contributed by atoms with Crippen molar-refractivity contribution in [3.8, 4) is 0 Å². The summed E-state index contributed by atoms with van der Waals surface area (Å²) in [6.07, 6.45) is 1.35. The maximum Gasteiger partial charge on any atom is 0.188 e. The van der Waals surface area contributed by atoms with Crippen molar-refractivity contribution < 1.29 is 8.96 Å². The monoisotopic (exact) mass is 297 g/mol. The van der Waals surface area contributed by atoms with Crippen LogP contribution in [0.1, 0.15) is 0 Å². The Bertz CT molecular complexity index is 747. The van der Waals surface area contributed by atoms with Crippen molar-refractivity contribution in [1.29, 1.82) is 0 Å². The molecule has 1 aromatic heterocycles. The van der Waals surface area contributed by atoms with Crippen molar-refractivity contribution in [2.75, 3.05) is 0 Å². The lowest BCUT2D eigenvalue weighted by atomic mass is 10.4. The van der Waals surface area contributed by atoms with Gasteiger partial charge in [0, 0.05) is 22.9 Å². The van der Waals surface area contributed by atoms with E-state index in [2.05, 4.69) is 4.98 Å². The molecule has 104 valence electrons. The molecule has 3 rings (SSSR count). The molecule has 0 aliphatic rings. The van der Waals surface area contributed by atoms with Gasteiger partial charge in [-0.15, -0.1) is 0 Å². The van der Waals surface area contributed by atoms with E-state index in [4.69, 9.17) is 0 Å². The van der Waals surface area contributed by atoms with Crippen molar-refractivity contribution in [1.82, 2.24) is 4.98 Å². The molecule has 1 heterocycles. The Morgan fingerprint density at radius 1 is 0.810 bits per heavy atom. The zero-order valence-electron chi connectivity index (χ0n) is 11.2. The van der Waals surface area contributed by atoms with E-state index in [9.17, 15) is 8.96 Å². The summed E-state index contributed by atoms with van der Waals surface area (Å²) < 4.78 is 27.3. The Morgan fingerprint density at radius 3 is 1.81 bits per heavy atom.